The topological polar surface area (TPSA) is 72.1 Å². The summed E-state index contributed by atoms with van der Waals surface area (Å²) in [5, 5.41) is 3.41. The number of alkyl halides is 3. The molecule has 3 aromatic rings. The van der Waals surface area contributed by atoms with E-state index in [4.69, 9.17) is 0 Å². The van der Waals surface area contributed by atoms with Gasteiger partial charge in [-0.25, -0.2) is 0 Å². The summed E-state index contributed by atoms with van der Waals surface area (Å²) in [5.41, 5.74) is 1.23. The van der Waals surface area contributed by atoms with E-state index in [1.807, 2.05) is 0 Å². The van der Waals surface area contributed by atoms with E-state index in [1.165, 1.54) is 11.3 Å². The Balaban J connectivity index is 1.56. The SMILES string of the molecule is O=C(c1ccccn1)N1CCc2sc(-c3noc(C(F)(F)F)n3)cc2C1. The maximum Gasteiger partial charge on any atom is 0.471 e. The highest BCUT2D eigenvalue weighted by Gasteiger charge is 2.38. The third-order valence-corrected chi connectivity index (χ3v) is 5.16. The number of hydrogen-bond acceptors (Lipinski definition) is 6. The molecule has 4 heterocycles. The first-order valence-corrected chi connectivity index (χ1v) is 8.46. The van der Waals surface area contributed by atoms with Gasteiger partial charge in [0.15, 0.2) is 0 Å². The van der Waals surface area contributed by atoms with Crippen molar-refractivity contribution in [3.8, 4) is 10.7 Å². The highest BCUT2D eigenvalue weighted by atomic mass is 32.1. The molecule has 1 amide bonds. The molecular weight excluding hydrogens is 369 g/mol. The van der Waals surface area contributed by atoms with Gasteiger partial charge in [0.05, 0.1) is 4.88 Å². The maximum absolute atomic E-state index is 12.6. The number of halogens is 3. The molecule has 26 heavy (non-hydrogen) atoms. The molecule has 0 N–H and O–H groups in total. The Morgan fingerprint density at radius 2 is 2.15 bits per heavy atom. The van der Waals surface area contributed by atoms with Crippen LogP contribution in [0.3, 0.4) is 0 Å². The van der Waals surface area contributed by atoms with Crippen LogP contribution in [0.2, 0.25) is 0 Å². The van der Waals surface area contributed by atoms with Crippen molar-refractivity contribution in [2.24, 2.45) is 0 Å². The Morgan fingerprint density at radius 3 is 2.85 bits per heavy atom. The van der Waals surface area contributed by atoms with Crippen LogP contribution in [0.15, 0.2) is 35.0 Å². The zero-order valence-corrected chi connectivity index (χ0v) is 14.0. The average molecular weight is 380 g/mol. The third-order valence-electron chi connectivity index (χ3n) is 3.93. The lowest BCUT2D eigenvalue weighted by Gasteiger charge is -2.26. The summed E-state index contributed by atoms with van der Waals surface area (Å²) < 4.78 is 42.1. The molecular formula is C16H11F3N4O2S. The van der Waals surface area contributed by atoms with Gasteiger partial charge < -0.3 is 9.42 Å². The van der Waals surface area contributed by atoms with Crippen LogP contribution in [-0.4, -0.2) is 32.5 Å². The van der Waals surface area contributed by atoms with Gasteiger partial charge in [-0.2, -0.15) is 18.2 Å². The largest absolute Gasteiger partial charge is 0.471 e. The number of carbonyl (C=O) groups is 1. The van der Waals surface area contributed by atoms with E-state index in [-0.39, 0.29) is 11.7 Å². The van der Waals surface area contributed by atoms with Crippen molar-refractivity contribution in [1.82, 2.24) is 20.0 Å². The number of aromatic nitrogens is 3. The second kappa shape index (κ2) is 6.20. The van der Waals surface area contributed by atoms with Gasteiger partial charge in [-0.3, -0.25) is 9.78 Å². The molecule has 1 aliphatic heterocycles. The molecule has 134 valence electrons. The third kappa shape index (κ3) is 3.07. The van der Waals surface area contributed by atoms with Crippen molar-refractivity contribution in [2.75, 3.05) is 6.54 Å². The van der Waals surface area contributed by atoms with Gasteiger partial charge in [0, 0.05) is 24.2 Å². The highest BCUT2D eigenvalue weighted by Crippen LogP contribution is 2.35. The van der Waals surface area contributed by atoms with Crippen molar-refractivity contribution in [2.45, 2.75) is 19.1 Å². The molecule has 0 unspecified atom stereocenters. The van der Waals surface area contributed by atoms with Crippen LogP contribution in [0.25, 0.3) is 10.7 Å². The van der Waals surface area contributed by atoms with Crippen molar-refractivity contribution in [3.63, 3.8) is 0 Å². The first-order valence-electron chi connectivity index (χ1n) is 7.65. The second-order valence-electron chi connectivity index (χ2n) is 5.67. The number of hydrogen-bond donors (Lipinski definition) is 0. The van der Waals surface area contributed by atoms with E-state index in [0.717, 1.165) is 10.4 Å². The summed E-state index contributed by atoms with van der Waals surface area (Å²) >= 11 is 1.32. The molecule has 3 aromatic heterocycles. The molecule has 0 saturated carbocycles. The van der Waals surface area contributed by atoms with Crippen molar-refractivity contribution in [1.29, 1.82) is 0 Å². The summed E-state index contributed by atoms with van der Waals surface area (Å²) in [6.45, 7) is 0.883. The van der Waals surface area contributed by atoms with Gasteiger partial charge in [-0.15, -0.1) is 11.3 Å². The Kier molecular flexibility index (Phi) is 3.98. The number of pyridine rings is 1. The lowest BCUT2D eigenvalue weighted by Crippen LogP contribution is -2.35. The van der Waals surface area contributed by atoms with Gasteiger partial charge in [0.25, 0.3) is 5.91 Å². The fourth-order valence-electron chi connectivity index (χ4n) is 2.71. The van der Waals surface area contributed by atoms with Gasteiger partial charge in [0.2, 0.25) is 5.82 Å². The van der Waals surface area contributed by atoms with Crippen molar-refractivity contribution >= 4 is 17.2 Å². The van der Waals surface area contributed by atoms with Crippen LogP contribution in [0.1, 0.15) is 26.8 Å². The first kappa shape index (κ1) is 16.7. The quantitative estimate of drug-likeness (QED) is 0.681. The minimum Gasteiger partial charge on any atom is -0.333 e. The van der Waals surface area contributed by atoms with E-state index in [9.17, 15) is 18.0 Å². The number of rotatable bonds is 2. The fourth-order valence-corrected chi connectivity index (χ4v) is 3.80. The monoisotopic (exact) mass is 380 g/mol. The van der Waals surface area contributed by atoms with Crippen LogP contribution in [0, 0.1) is 0 Å². The van der Waals surface area contributed by atoms with Gasteiger partial charge in [0.1, 0.15) is 5.69 Å². The van der Waals surface area contributed by atoms with Crippen LogP contribution >= 0.6 is 11.3 Å². The van der Waals surface area contributed by atoms with E-state index in [2.05, 4.69) is 19.6 Å². The molecule has 0 aromatic carbocycles. The molecule has 0 spiro atoms. The lowest BCUT2D eigenvalue weighted by atomic mass is 10.1. The summed E-state index contributed by atoms with van der Waals surface area (Å²) in [4.78, 5) is 23.1. The summed E-state index contributed by atoms with van der Waals surface area (Å²) in [6, 6.07) is 6.83. The molecule has 0 aliphatic carbocycles. The Bertz CT molecular complexity index is 952. The fraction of sp³-hybridized carbons (Fsp3) is 0.250. The Hall–Kier alpha value is -2.75. The number of thiophene rings is 1. The standard InChI is InChI=1S/C16H11F3N4O2S/c17-16(18,19)15-21-13(22-25-15)12-7-9-8-23(6-4-11(9)26-12)14(24)10-3-1-2-5-20-10/h1-3,5,7H,4,6,8H2. The van der Waals surface area contributed by atoms with Crippen molar-refractivity contribution < 1.29 is 22.5 Å². The number of amides is 1. The molecule has 10 heteroatoms. The summed E-state index contributed by atoms with van der Waals surface area (Å²) in [6.07, 6.45) is -2.50. The molecule has 0 saturated heterocycles. The first-order chi connectivity index (χ1) is 12.4. The van der Waals surface area contributed by atoms with Crippen LogP contribution < -0.4 is 0 Å². The molecule has 0 fully saturated rings. The minimum atomic E-state index is -4.67. The van der Waals surface area contributed by atoms with E-state index < -0.39 is 12.1 Å². The molecule has 0 radical (unpaired) electrons. The molecule has 0 bridgehead atoms. The number of carbonyl (C=O) groups excluding carboxylic acids is 1. The van der Waals surface area contributed by atoms with E-state index in [0.29, 0.717) is 30.1 Å². The number of fused-ring (bicyclic) bond motifs is 1. The minimum absolute atomic E-state index is 0.0978. The van der Waals surface area contributed by atoms with Gasteiger partial charge >= 0.3 is 12.1 Å². The Morgan fingerprint density at radius 1 is 1.31 bits per heavy atom. The summed E-state index contributed by atoms with van der Waals surface area (Å²) in [7, 11) is 0. The van der Waals surface area contributed by atoms with Crippen LogP contribution in [0.5, 0.6) is 0 Å². The summed E-state index contributed by atoms with van der Waals surface area (Å²) in [5.74, 6) is -1.65. The molecule has 1 aliphatic rings. The van der Waals surface area contributed by atoms with Crippen molar-refractivity contribution in [3.05, 3.63) is 52.5 Å². The molecule has 6 nitrogen and oxygen atoms in total. The molecule has 0 atom stereocenters. The zero-order chi connectivity index (χ0) is 18.3. The lowest BCUT2D eigenvalue weighted by molar-refractivity contribution is -0.159. The van der Waals surface area contributed by atoms with Crippen LogP contribution in [-0.2, 0) is 19.1 Å². The van der Waals surface area contributed by atoms with E-state index in [1.54, 1.807) is 35.4 Å². The van der Waals surface area contributed by atoms with Gasteiger partial charge in [-0.05, 0) is 30.2 Å². The van der Waals surface area contributed by atoms with Crippen LogP contribution in [0.4, 0.5) is 13.2 Å². The zero-order valence-electron chi connectivity index (χ0n) is 13.2. The smallest absolute Gasteiger partial charge is 0.333 e. The average Bonchev–Trinajstić information content (AvgIpc) is 3.27. The Labute approximate surface area is 149 Å². The maximum atomic E-state index is 12.6. The second-order valence-corrected chi connectivity index (χ2v) is 6.81. The predicted molar refractivity (Wildman–Crippen MR) is 85.3 cm³/mol. The van der Waals surface area contributed by atoms with Gasteiger partial charge in [-0.1, -0.05) is 11.2 Å². The van der Waals surface area contributed by atoms with E-state index >= 15 is 0 Å². The molecule has 4 rings (SSSR count). The highest BCUT2D eigenvalue weighted by molar-refractivity contribution is 7.15. The number of nitrogens with zero attached hydrogens (tertiary/aromatic N) is 4. The normalized spacial score (nSPS) is 14.3. The predicted octanol–water partition coefficient (Wildman–Crippen LogP) is 3.41.